The van der Waals surface area contributed by atoms with Crippen molar-refractivity contribution in [3.63, 3.8) is 0 Å². The number of carbonyl (C=O) groups is 3. The Bertz CT molecular complexity index is 1360. The van der Waals surface area contributed by atoms with E-state index in [0.29, 0.717) is 34.9 Å². The summed E-state index contributed by atoms with van der Waals surface area (Å²) in [6.07, 6.45) is 1.60. The molecule has 1 aliphatic rings. The molecule has 7 nitrogen and oxygen atoms in total. The summed E-state index contributed by atoms with van der Waals surface area (Å²) < 4.78 is 24.5. The lowest BCUT2D eigenvalue weighted by atomic mass is 10.1. The molecule has 0 radical (unpaired) electrons. The van der Waals surface area contributed by atoms with E-state index in [1.165, 1.54) is 24.3 Å². The summed E-state index contributed by atoms with van der Waals surface area (Å²) in [6, 6.07) is 18.2. The molecular formula is C28H25FN2O5S. The van der Waals surface area contributed by atoms with Gasteiger partial charge in [0, 0.05) is 5.69 Å². The number of hydrogen-bond donors (Lipinski definition) is 1. The Balaban J connectivity index is 1.44. The van der Waals surface area contributed by atoms with Crippen molar-refractivity contribution in [3.05, 3.63) is 94.1 Å². The van der Waals surface area contributed by atoms with Crippen LogP contribution in [0.25, 0.3) is 6.08 Å². The molecule has 3 aromatic rings. The molecule has 0 atom stereocenters. The third kappa shape index (κ3) is 6.77. The fourth-order valence-electron chi connectivity index (χ4n) is 3.63. The molecule has 0 unspecified atom stereocenters. The number of amides is 3. The molecule has 0 aromatic heterocycles. The highest BCUT2D eigenvalue weighted by Crippen LogP contribution is 2.35. The lowest BCUT2D eigenvalue weighted by Crippen LogP contribution is -2.27. The zero-order valence-corrected chi connectivity index (χ0v) is 21.1. The molecule has 1 saturated heterocycles. The van der Waals surface area contributed by atoms with Gasteiger partial charge in [-0.2, -0.15) is 0 Å². The largest absolute Gasteiger partial charge is 0.490 e. The Labute approximate surface area is 218 Å². The van der Waals surface area contributed by atoms with E-state index in [2.05, 4.69) is 5.32 Å². The Morgan fingerprint density at radius 1 is 1.03 bits per heavy atom. The van der Waals surface area contributed by atoms with Crippen LogP contribution in [0.1, 0.15) is 23.6 Å². The van der Waals surface area contributed by atoms with Gasteiger partial charge >= 0.3 is 0 Å². The quantitative estimate of drug-likeness (QED) is 0.360. The summed E-state index contributed by atoms with van der Waals surface area (Å²) >= 11 is 0.838. The van der Waals surface area contributed by atoms with E-state index in [9.17, 15) is 18.8 Å². The second-order valence-electron chi connectivity index (χ2n) is 8.24. The zero-order valence-electron chi connectivity index (χ0n) is 20.3. The maximum absolute atomic E-state index is 13.2. The molecule has 1 heterocycles. The number of anilines is 1. The van der Waals surface area contributed by atoms with Crippen LogP contribution < -0.4 is 14.8 Å². The molecule has 0 bridgehead atoms. The van der Waals surface area contributed by atoms with E-state index in [4.69, 9.17) is 9.47 Å². The van der Waals surface area contributed by atoms with Crippen LogP contribution in [0.5, 0.6) is 11.5 Å². The van der Waals surface area contributed by atoms with Crippen molar-refractivity contribution in [1.82, 2.24) is 4.90 Å². The molecule has 1 aliphatic heterocycles. The topological polar surface area (TPSA) is 84.9 Å². The number of carbonyl (C=O) groups excluding carboxylic acids is 3. The predicted octanol–water partition coefficient (Wildman–Crippen LogP) is 5.79. The molecule has 9 heteroatoms. The molecule has 4 rings (SSSR count). The maximum Gasteiger partial charge on any atom is 0.293 e. The second kappa shape index (κ2) is 11.7. The molecule has 0 aliphatic carbocycles. The van der Waals surface area contributed by atoms with Crippen molar-refractivity contribution in [1.29, 1.82) is 0 Å². The number of rotatable bonds is 9. The van der Waals surface area contributed by atoms with E-state index in [0.717, 1.165) is 22.2 Å². The molecule has 1 fully saturated rings. The number of thioether (sulfide) groups is 1. The highest BCUT2D eigenvalue weighted by Gasteiger charge is 2.35. The van der Waals surface area contributed by atoms with Crippen LogP contribution in [0.4, 0.5) is 14.9 Å². The molecule has 37 heavy (non-hydrogen) atoms. The summed E-state index contributed by atoms with van der Waals surface area (Å²) in [5.41, 5.74) is 2.99. The summed E-state index contributed by atoms with van der Waals surface area (Å²) in [5, 5.41) is 2.39. The van der Waals surface area contributed by atoms with Crippen molar-refractivity contribution in [2.24, 2.45) is 0 Å². The van der Waals surface area contributed by atoms with Gasteiger partial charge in [0.2, 0.25) is 0 Å². The van der Waals surface area contributed by atoms with Gasteiger partial charge in [0.25, 0.3) is 17.1 Å². The molecule has 0 spiro atoms. The Morgan fingerprint density at radius 3 is 2.54 bits per heavy atom. The fourth-order valence-corrected chi connectivity index (χ4v) is 4.46. The summed E-state index contributed by atoms with van der Waals surface area (Å²) in [6.45, 7) is 3.97. The van der Waals surface area contributed by atoms with E-state index in [1.807, 2.05) is 32.0 Å². The monoisotopic (exact) mass is 520 g/mol. The first kappa shape index (κ1) is 26.0. The number of benzene rings is 3. The molecule has 0 saturated carbocycles. The van der Waals surface area contributed by atoms with Crippen LogP contribution in [-0.4, -0.2) is 35.2 Å². The van der Waals surface area contributed by atoms with Gasteiger partial charge in [0.05, 0.1) is 18.1 Å². The Hall–Kier alpha value is -4.11. The molecular weight excluding hydrogens is 495 g/mol. The van der Waals surface area contributed by atoms with Gasteiger partial charge in [-0.25, -0.2) is 4.39 Å². The number of nitrogens with zero attached hydrogens (tertiary/aromatic N) is 1. The smallest absolute Gasteiger partial charge is 0.293 e. The molecule has 190 valence electrons. The Kier molecular flexibility index (Phi) is 8.25. The average Bonchev–Trinajstić information content (AvgIpc) is 3.12. The van der Waals surface area contributed by atoms with Crippen LogP contribution in [-0.2, 0) is 16.1 Å². The number of hydrogen-bond acceptors (Lipinski definition) is 6. The van der Waals surface area contributed by atoms with Gasteiger partial charge in [0.15, 0.2) is 18.1 Å². The van der Waals surface area contributed by atoms with Gasteiger partial charge in [-0.05, 0) is 84.8 Å². The van der Waals surface area contributed by atoms with Gasteiger partial charge < -0.3 is 14.8 Å². The molecule has 3 aromatic carbocycles. The number of imide groups is 1. The number of aryl methyl sites for hydroxylation is 1. The van der Waals surface area contributed by atoms with Gasteiger partial charge in [-0.15, -0.1) is 0 Å². The van der Waals surface area contributed by atoms with Gasteiger partial charge in [-0.3, -0.25) is 19.3 Å². The standard InChI is InChI=1S/C28H25FN2O5S/c1-3-35-24-14-20(9-12-23(24)36-17-26(32)30-22-6-4-5-18(2)13-22)15-25-27(33)31(28(34)37-25)16-19-7-10-21(29)11-8-19/h4-15H,3,16-17H2,1-2H3,(H,30,32)/b25-15-. The normalized spacial score (nSPS) is 14.2. The summed E-state index contributed by atoms with van der Waals surface area (Å²) in [5.74, 6) is -0.340. The first-order chi connectivity index (χ1) is 17.8. The minimum Gasteiger partial charge on any atom is -0.490 e. The fraction of sp³-hybridized carbons (Fsp3) is 0.179. The third-order valence-corrected chi connectivity index (χ3v) is 6.26. The van der Waals surface area contributed by atoms with E-state index >= 15 is 0 Å². The number of halogens is 1. The number of ether oxygens (including phenoxy) is 2. The summed E-state index contributed by atoms with van der Waals surface area (Å²) in [7, 11) is 0. The minimum absolute atomic E-state index is 0.0594. The maximum atomic E-state index is 13.2. The summed E-state index contributed by atoms with van der Waals surface area (Å²) in [4.78, 5) is 39.0. The van der Waals surface area contributed by atoms with E-state index in [-0.39, 0.29) is 29.8 Å². The lowest BCUT2D eigenvalue weighted by Gasteiger charge is -2.13. The van der Waals surface area contributed by atoms with Crippen LogP contribution >= 0.6 is 11.8 Å². The third-order valence-electron chi connectivity index (χ3n) is 5.35. The van der Waals surface area contributed by atoms with Gasteiger partial charge in [-0.1, -0.05) is 30.3 Å². The van der Waals surface area contributed by atoms with Crippen molar-refractivity contribution in [2.75, 3.05) is 18.5 Å². The first-order valence-corrected chi connectivity index (χ1v) is 12.4. The first-order valence-electron chi connectivity index (χ1n) is 11.6. The number of nitrogens with one attached hydrogen (secondary N) is 1. The lowest BCUT2D eigenvalue weighted by molar-refractivity contribution is -0.123. The van der Waals surface area contributed by atoms with Crippen molar-refractivity contribution >= 4 is 40.6 Å². The zero-order chi connectivity index (χ0) is 26.4. The van der Waals surface area contributed by atoms with Gasteiger partial charge in [0.1, 0.15) is 5.82 Å². The SMILES string of the molecule is CCOc1cc(/C=C2\SC(=O)N(Cc3ccc(F)cc3)C2=O)ccc1OCC(=O)Nc1cccc(C)c1. The molecule has 3 amide bonds. The van der Waals surface area contributed by atoms with Crippen molar-refractivity contribution in [3.8, 4) is 11.5 Å². The average molecular weight is 521 g/mol. The highest BCUT2D eigenvalue weighted by atomic mass is 32.2. The van der Waals surface area contributed by atoms with Crippen LogP contribution in [0.15, 0.2) is 71.6 Å². The van der Waals surface area contributed by atoms with E-state index < -0.39 is 11.1 Å². The second-order valence-corrected chi connectivity index (χ2v) is 9.23. The van der Waals surface area contributed by atoms with Crippen molar-refractivity contribution in [2.45, 2.75) is 20.4 Å². The Morgan fingerprint density at radius 2 is 1.81 bits per heavy atom. The van der Waals surface area contributed by atoms with Crippen LogP contribution in [0, 0.1) is 12.7 Å². The van der Waals surface area contributed by atoms with Crippen LogP contribution in [0.2, 0.25) is 0 Å². The van der Waals surface area contributed by atoms with Crippen molar-refractivity contribution < 1.29 is 28.2 Å². The highest BCUT2D eigenvalue weighted by molar-refractivity contribution is 8.18. The van der Waals surface area contributed by atoms with E-state index in [1.54, 1.807) is 30.3 Å². The molecule has 1 N–H and O–H groups in total. The van der Waals surface area contributed by atoms with Crippen LogP contribution in [0.3, 0.4) is 0 Å². The minimum atomic E-state index is -0.426. The predicted molar refractivity (Wildman–Crippen MR) is 141 cm³/mol.